The first-order valence-corrected chi connectivity index (χ1v) is 11.1. The van der Waals surface area contributed by atoms with Crippen molar-refractivity contribution in [3.05, 3.63) is 46.9 Å². The minimum atomic E-state index is -1.27. The second kappa shape index (κ2) is 8.29. The molecule has 0 atom stereocenters. The van der Waals surface area contributed by atoms with Crippen molar-refractivity contribution >= 4 is 31.7 Å². The lowest BCUT2D eigenvalue weighted by molar-refractivity contribution is -0.138. The van der Waals surface area contributed by atoms with Gasteiger partial charge in [0.1, 0.15) is 0 Å². The number of hydrogen-bond donors (Lipinski definition) is 1. The number of carbonyl (C=O) groups is 2. The predicted octanol–water partition coefficient (Wildman–Crippen LogP) is 3.79. The van der Waals surface area contributed by atoms with E-state index in [2.05, 4.69) is 29.8 Å². The SMILES string of the molecule is [C-]#[N+]/C(=C\c1ccc(NC(C)=O)cc1)C(=O)OCC[Si](C)(C)C. The Hall–Kier alpha value is -2.39. The van der Waals surface area contributed by atoms with Crippen molar-refractivity contribution in [1.29, 1.82) is 0 Å². The van der Waals surface area contributed by atoms with Gasteiger partial charge in [0.25, 0.3) is 5.70 Å². The molecule has 0 saturated carbocycles. The van der Waals surface area contributed by atoms with Gasteiger partial charge in [-0.05, 0) is 29.8 Å². The highest BCUT2D eigenvalue weighted by Crippen LogP contribution is 2.15. The number of anilines is 1. The summed E-state index contributed by atoms with van der Waals surface area (Å²) in [7, 11) is -1.27. The average Bonchev–Trinajstić information content (AvgIpc) is 2.44. The van der Waals surface area contributed by atoms with E-state index in [0.717, 1.165) is 6.04 Å². The summed E-state index contributed by atoms with van der Waals surface area (Å²) in [6.45, 7) is 15.5. The average molecular weight is 330 g/mol. The van der Waals surface area contributed by atoms with E-state index >= 15 is 0 Å². The van der Waals surface area contributed by atoms with Gasteiger partial charge >= 0.3 is 5.97 Å². The monoisotopic (exact) mass is 330 g/mol. The minimum Gasteiger partial charge on any atom is -0.471 e. The summed E-state index contributed by atoms with van der Waals surface area (Å²) in [6.07, 6.45) is 1.49. The third kappa shape index (κ3) is 7.43. The second-order valence-corrected chi connectivity index (χ2v) is 12.0. The number of esters is 1. The highest BCUT2D eigenvalue weighted by Gasteiger charge is 2.16. The molecule has 0 saturated heterocycles. The minimum absolute atomic E-state index is 0.0483. The smallest absolute Gasteiger partial charge is 0.336 e. The van der Waals surface area contributed by atoms with Crippen LogP contribution in [0.2, 0.25) is 25.7 Å². The molecule has 0 radical (unpaired) electrons. The molecule has 0 fully saturated rings. The number of carbonyl (C=O) groups excluding carboxylic acids is 2. The fourth-order valence-corrected chi connectivity index (χ4v) is 2.40. The molecule has 0 unspecified atom stereocenters. The maximum Gasteiger partial charge on any atom is 0.336 e. The normalized spacial score (nSPS) is 11.5. The second-order valence-electron chi connectivity index (χ2n) is 6.39. The van der Waals surface area contributed by atoms with E-state index in [9.17, 15) is 9.59 Å². The van der Waals surface area contributed by atoms with Gasteiger partial charge in [0.05, 0.1) is 13.2 Å². The fraction of sp³-hybridized carbons (Fsp3) is 0.353. The molecule has 23 heavy (non-hydrogen) atoms. The fourth-order valence-electron chi connectivity index (χ4n) is 1.68. The van der Waals surface area contributed by atoms with Gasteiger partial charge in [-0.3, -0.25) is 9.59 Å². The van der Waals surface area contributed by atoms with E-state index in [0.29, 0.717) is 17.9 Å². The molecule has 0 aliphatic carbocycles. The van der Waals surface area contributed by atoms with Crippen LogP contribution in [-0.4, -0.2) is 26.6 Å². The molecule has 0 spiro atoms. The Labute approximate surface area is 138 Å². The van der Waals surface area contributed by atoms with Gasteiger partial charge in [-0.1, -0.05) is 31.8 Å². The highest BCUT2D eigenvalue weighted by molar-refractivity contribution is 6.76. The molecule has 1 amide bonds. The van der Waals surface area contributed by atoms with E-state index in [1.54, 1.807) is 24.3 Å². The van der Waals surface area contributed by atoms with Crippen LogP contribution in [-0.2, 0) is 14.3 Å². The van der Waals surface area contributed by atoms with Crippen LogP contribution in [0.3, 0.4) is 0 Å². The highest BCUT2D eigenvalue weighted by atomic mass is 28.3. The van der Waals surface area contributed by atoms with Crippen LogP contribution in [0.25, 0.3) is 10.9 Å². The third-order valence-electron chi connectivity index (χ3n) is 2.95. The molecular formula is C17H22N2O3Si. The topological polar surface area (TPSA) is 59.8 Å². The van der Waals surface area contributed by atoms with Gasteiger partial charge in [-0.15, -0.1) is 0 Å². The largest absolute Gasteiger partial charge is 0.471 e. The molecule has 0 aromatic heterocycles. The maximum atomic E-state index is 11.9. The molecule has 5 nitrogen and oxygen atoms in total. The molecule has 1 rings (SSSR count). The first-order valence-electron chi connectivity index (χ1n) is 7.35. The molecule has 1 N–H and O–H groups in total. The number of ether oxygens (including phenoxy) is 1. The first-order chi connectivity index (χ1) is 10.7. The van der Waals surface area contributed by atoms with Crippen molar-refractivity contribution < 1.29 is 14.3 Å². The molecule has 0 heterocycles. The van der Waals surface area contributed by atoms with Crippen molar-refractivity contribution in [3.8, 4) is 0 Å². The Kier molecular flexibility index (Phi) is 6.73. The van der Waals surface area contributed by atoms with E-state index in [1.807, 2.05) is 0 Å². The molecule has 0 aliphatic heterocycles. The zero-order valence-electron chi connectivity index (χ0n) is 14.0. The summed E-state index contributed by atoms with van der Waals surface area (Å²) in [5.41, 5.74) is 1.32. The summed E-state index contributed by atoms with van der Waals surface area (Å²) >= 11 is 0. The van der Waals surface area contributed by atoms with Crippen molar-refractivity contribution in [2.24, 2.45) is 0 Å². The number of rotatable bonds is 6. The molecule has 1 aromatic rings. The lowest BCUT2D eigenvalue weighted by Gasteiger charge is -2.15. The Morgan fingerprint density at radius 3 is 2.35 bits per heavy atom. The van der Waals surface area contributed by atoms with Crippen LogP contribution in [0.15, 0.2) is 30.0 Å². The first kappa shape index (κ1) is 18.7. The summed E-state index contributed by atoms with van der Waals surface area (Å²) < 4.78 is 5.18. The third-order valence-corrected chi connectivity index (χ3v) is 4.65. The van der Waals surface area contributed by atoms with E-state index in [4.69, 9.17) is 11.3 Å². The Balaban J connectivity index is 2.72. The van der Waals surface area contributed by atoms with Crippen LogP contribution in [0, 0.1) is 6.57 Å². The van der Waals surface area contributed by atoms with Crippen LogP contribution in [0.4, 0.5) is 5.69 Å². The zero-order valence-corrected chi connectivity index (χ0v) is 15.0. The van der Waals surface area contributed by atoms with E-state index in [-0.39, 0.29) is 11.6 Å². The molecule has 6 heteroatoms. The summed E-state index contributed by atoms with van der Waals surface area (Å²) in [4.78, 5) is 26.1. The molecule has 1 aromatic carbocycles. The molecule has 122 valence electrons. The summed E-state index contributed by atoms with van der Waals surface area (Å²) in [5.74, 6) is -0.745. The van der Waals surface area contributed by atoms with Crippen molar-refractivity contribution in [2.45, 2.75) is 32.6 Å². The van der Waals surface area contributed by atoms with Crippen LogP contribution in [0.1, 0.15) is 12.5 Å². The zero-order chi connectivity index (χ0) is 17.5. The van der Waals surface area contributed by atoms with Gasteiger partial charge in [-0.2, -0.15) is 0 Å². The van der Waals surface area contributed by atoms with Gasteiger partial charge in [-0.25, -0.2) is 4.85 Å². The number of nitrogens with zero attached hydrogens (tertiary/aromatic N) is 1. The van der Waals surface area contributed by atoms with Gasteiger partial charge in [0.15, 0.2) is 0 Å². The quantitative estimate of drug-likeness (QED) is 0.374. The molecule has 0 bridgehead atoms. The van der Waals surface area contributed by atoms with Gasteiger partial charge in [0.2, 0.25) is 5.91 Å². The number of hydrogen-bond acceptors (Lipinski definition) is 3. The van der Waals surface area contributed by atoms with Gasteiger partial charge in [0, 0.05) is 20.7 Å². The van der Waals surface area contributed by atoms with Crippen LogP contribution >= 0.6 is 0 Å². The molecular weight excluding hydrogens is 308 g/mol. The van der Waals surface area contributed by atoms with Gasteiger partial charge < -0.3 is 10.1 Å². The van der Waals surface area contributed by atoms with Crippen LogP contribution in [0.5, 0.6) is 0 Å². The lowest BCUT2D eigenvalue weighted by Crippen LogP contribution is -2.22. The number of amides is 1. The predicted molar refractivity (Wildman–Crippen MR) is 94.4 cm³/mol. The lowest BCUT2D eigenvalue weighted by atomic mass is 10.1. The van der Waals surface area contributed by atoms with Crippen LogP contribution < -0.4 is 5.32 Å². The Morgan fingerprint density at radius 1 is 1.26 bits per heavy atom. The van der Waals surface area contributed by atoms with E-state index < -0.39 is 14.0 Å². The van der Waals surface area contributed by atoms with Crippen molar-refractivity contribution in [1.82, 2.24) is 0 Å². The Morgan fingerprint density at radius 2 is 1.87 bits per heavy atom. The van der Waals surface area contributed by atoms with Crippen molar-refractivity contribution in [3.63, 3.8) is 0 Å². The summed E-state index contributed by atoms with van der Waals surface area (Å²) in [6, 6.07) is 7.75. The number of nitrogens with one attached hydrogen (secondary N) is 1. The Bertz CT molecular complexity index is 637. The van der Waals surface area contributed by atoms with E-state index in [1.165, 1.54) is 13.0 Å². The summed E-state index contributed by atoms with van der Waals surface area (Å²) in [5, 5.41) is 2.66. The standard InChI is InChI=1S/C17H22N2O3Si/c1-13(20)19-15-8-6-14(7-9-15)12-16(18-2)17(21)22-10-11-23(3,4)5/h6-9,12H,10-11H2,1,3-5H3,(H,19,20)/b16-12-. The van der Waals surface area contributed by atoms with Crippen molar-refractivity contribution in [2.75, 3.05) is 11.9 Å². The maximum absolute atomic E-state index is 11.9. The molecule has 0 aliphatic rings. The number of benzene rings is 1.